The van der Waals surface area contributed by atoms with Gasteiger partial charge in [0.2, 0.25) is 0 Å². The Hall–Kier alpha value is -3.57. The molecule has 11 heteroatoms. The monoisotopic (exact) mass is 534 g/mol. The van der Waals surface area contributed by atoms with Gasteiger partial charge in [-0.2, -0.15) is 0 Å². The number of carbonyl (C=O) groups excluding carboxylic acids is 1. The normalized spacial score (nSPS) is 18.8. The van der Waals surface area contributed by atoms with Crippen LogP contribution in [0.4, 0.5) is 13.6 Å². The van der Waals surface area contributed by atoms with Gasteiger partial charge in [-0.1, -0.05) is 24.3 Å². The first kappa shape index (κ1) is 29.0. The number of carbonyl (C=O) groups is 3. The SMILES string of the molecule is CN1CCC(CCN2CCC(C(O)(c3ccc(F)cc3)c3ccc(F)cc3)CC2)OC1=O.O=C(O)C(=O)O. The van der Waals surface area contributed by atoms with Crippen LogP contribution >= 0.6 is 0 Å². The van der Waals surface area contributed by atoms with Crippen molar-refractivity contribution in [3.05, 3.63) is 71.3 Å². The number of halogens is 2. The van der Waals surface area contributed by atoms with Crippen molar-refractivity contribution in [2.45, 2.75) is 37.4 Å². The smallest absolute Gasteiger partial charge is 0.414 e. The van der Waals surface area contributed by atoms with Gasteiger partial charge in [-0.3, -0.25) is 0 Å². The van der Waals surface area contributed by atoms with E-state index >= 15 is 0 Å². The van der Waals surface area contributed by atoms with Crippen LogP contribution in [0.3, 0.4) is 0 Å². The van der Waals surface area contributed by atoms with Crippen molar-refractivity contribution in [2.75, 3.05) is 33.2 Å². The Labute approximate surface area is 219 Å². The van der Waals surface area contributed by atoms with E-state index in [0.29, 0.717) is 17.7 Å². The van der Waals surface area contributed by atoms with Crippen molar-refractivity contribution in [1.29, 1.82) is 0 Å². The number of amides is 1. The maximum absolute atomic E-state index is 13.5. The molecule has 0 radical (unpaired) electrons. The quantitative estimate of drug-likeness (QED) is 0.482. The van der Waals surface area contributed by atoms with Crippen LogP contribution in [0.1, 0.15) is 36.8 Å². The summed E-state index contributed by atoms with van der Waals surface area (Å²) in [5, 5.41) is 26.7. The molecule has 0 saturated carbocycles. The predicted molar refractivity (Wildman–Crippen MR) is 132 cm³/mol. The number of likely N-dealkylation sites (tertiary alicyclic amines) is 1. The molecule has 2 aliphatic rings. The highest BCUT2D eigenvalue weighted by Gasteiger charge is 2.41. The van der Waals surface area contributed by atoms with E-state index in [9.17, 15) is 18.7 Å². The van der Waals surface area contributed by atoms with Crippen LogP contribution in [-0.2, 0) is 19.9 Å². The van der Waals surface area contributed by atoms with Crippen molar-refractivity contribution < 1.29 is 43.2 Å². The molecule has 4 rings (SSSR count). The zero-order valence-corrected chi connectivity index (χ0v) is 21.1. The number of carboxylic acids is 2. The molecule has 2 saturated heterocycles. The molecule has 38 heavy (non-hydrogen) atoms. The third-order valence-corrected chi connectivity index (χ3v) is 7.06. The van der Waals surface area contributed by atoms with E-state index in [1.165, 1.54) is 24.3 Å². The number of hydrogen-bond donors (Lipinski definition) is 3. The minimum atomic E-state index is -1.82. The third-order valence-electron chi connectivity index (χ3n) is 7.06. The summed E-state index contributed by atoms with van der Waals surface area (Å²) in [5.41, 5.74) is -0.0962. The molecule has 2 aromatic carbocycles. The number of carboxylic acid groups (broad SMARTS) is 2. The molecule has 2 heterocycles. The summed E-state index contributed by atoms with van der Waals surface area (Å²) in [6.45, 7) is 3.15. The van der Waals surface area contributed by atoms with Crippen molar-refractivity contribution in [1.82, 2.24) is 9.80 Å². The molecule has 0 aliphatic carbocycles. The molecule has 0 bridgehead atoms. The van der Waals surface area contributed by atoms with Gasteiger partial charge in [0.15, 0.2) is 0 Å². The maximum Gasteiger partial charge on any atom is 0.414 e. The van der Waals surface area contributed by atoms with E-state index in [4.69, 9.17) is 24.5 Å². The van der Waals surface area contributed by atoms with E-state index in [-0.39, 0.29) is 29.7 Å². The molecule has 2 fully saturated rings. The van der Waals surface area contributed by atoms with Gasteiger partial charge in [-0.15, -0.1) is 0 Å². The van der Waals surface area contributed by atoms with Crippen molar-refractivity contribution in [2.24, 2.45) is 5.92 Å². The molecule has 2 aliphatic heterocycles. The van der Waals surface area contributed by atoms with Crippen molar-refractivity contribution in [3.63, 3.8) is 0 Å². The van der Waals surface area contributed by atoms with Crippen LogP contribution in [0.5, 0.6) is 0 Å². The van der Waals surface area contributed by atoms with E-state index in [0.717, 1.165) is 45.3 Å². The highest BCUT2D eigenvalue weighted by atomic mass is 19.1. The summed E-state index contributed by atoms with van der Waals surface area (Å²) < 4.78 is 32.5. The first-order valence-corrected chi connectivity index (χ1v) is 12.4. The number of aliphatic carboxylic acids is 2. The number of ether oxygens (including phenoxy) is 1. The summed E-state index contributed by atoms with van der Waals surface area (Å²) in [6.07, 6.45) is 2.82. The molecule has 0 spiro atoms. The molecule has 206 valence electrons. The first-order valence-electron chi connectivity index (χ1n) is 12.4. The minimum absolute atomic E-state index is 0.0493. The van der Waals surface area contributed by atoms with Gasteiger partial charge in [-0.25, -0.2) is 23.2 Å². The zero-order chi connectivity index (χ0) is 27.9. The van der Waals surface area contributed by atoms with Crippen LogP contribution in [0.15, 0.2) is 48.5 Å². The van der Waals surface area contributed by atoms with Gasteiger partial charge < -0.3 is 29.9 Å². The Kier molecular flexibility index (Phi) is 9.76. The van der Waals surface area contributed by atoms with Gasteiger partial charge in [0, 0.05) is 26.6 Å². The van der Waals surface area contributed by atoms with E-state index in [1.54, 1.807) is 36.2 Å². The van der Waals surface area contributed by atoms with Crippen molar-refractivity contribution in [3.8, 4) is 0 Å². The highest BCUT2D eigenvalue weighted by molar-refractivity contribution is 6.27. The van der Waals surface area contributed by atoms with Gasteiger partial charge in [0.25, 0.3) is 0 Å². The number of benzene rings is 2. The van der Waals surface area contributed by atoms with E-state index in [1.807, 2.05) is 0 Å². The van der Waals surface area contributed by atoms with Gasteiger partial charge in [-0.05, 0) is 73.7 Å². The van der Waals surface area contributed by atoms with Gasteiger partial charge in [0.1, 0.15) is 23.3 Å². The lowest BCUT2D eigenvalue weighted by Crippen LogP contribution is -2.45. The number of rotatable bonds is 6. The van der Waals surface area contributed by atoms with Crippen molar-refractivity contribution >= 4 is 18.0 Å². The van der Waals surface area contributed by atoms with Crippen LogP contribution < -0.4 is 0 Å². The molecule has 1 unspecified atom stereocenters. The molecule has 9 nitrogen and oxygen atoms in total. The largest absolute Gasteiger partial charge is 0.473 e. The third kappa shape index (κ3) is 7.26. The number of aliphatic hydroxyl groups is 1. The number of nitrogens with zero attached hydrogens (tertiary/aromatic N) is 2. The maximum atomic E-state index is 13.5. The standard InChI is InChI=1S/C25H30F2N2O3.C2H2O4/c1-28-14-12-23(32-24(28)30)13-17-29-15-10-20(11-16-29)25(31,18-2-6-21(26)7-3-18)19-4-8-22(27)9-5-19;3-1(4)2(5)6/h2-9,20,23,31H,10-17H2,1H3;(H,3,4)(H,5,6). The lowest BCUT2D eigenvalue weighted by atomic mass is 9.72. The number of cyclic esters (lactones) is 1. The Morgan fingerprint density at radius 2 is 1.37 bits per heavy atom. The summed E-state index contributed by atoms with van der Waals surface area (Å²) in [5.74, 6) is -4.46. The fourth-order valence-corrected chi connectivity index (χ4v) is 4.87. The lowest BCUT2D eigenvalue weighted by molar-refractivity contribution is -0.159. The molecule has 1 amide bonds. The number of hydrogen-bond acceptors (Lipinski definition) is 6. The second kappa shape index (κ2) is 12.8. The Morgan fingerprint density at radius 1 is 0.895 bits per heavy atom. The fourth-order valence-electron chi connectivity index (χ4n) is 4.87. The van der Waals surface area contributed by atoms with Crippen LogP contribution in [-0.4, -0.2) is 82.5 Å². The predicted octanol–water partition coefficient (Wildman–Crippen LogP) is 3.30. The summed E-state index contributed by atoms with van der Waals surface area (Å²) in [7, 11) is 1.74. The second-order valence-corrected chi connectivity index (χ2v) is 9.51. The molecule has 2 aromatic rings. The number of piperidine rings is 1. The van der Waals surface area contributed by atoms with Gasteiger partial charge >= 0.3 is 18.0 Å². The molecule has 1 atom stereocenters. The van der Waals surface area contributed by atoms with Gasteiger partial charge in [0.05, 0.1) is 0 Å². The minimum Gasteiger partial charge on any atom is -0.473 e. The van der Waals surface area contributed by atoms with Crippen LogP contribution in [0, 0.1) is 17.6 Å². The Bertz CT molecular complexity index is 1050. The Balaban J connectivity index is 0.000000599. The fraction of sp³-hybridized carbons (Fsp3) is 0.444. The van der Waals surface area contributed by atoms with E-state index < -0.39 is 17.5 Å². The van der Waals surface area contributed by atoms with Crippen LogP contribution in [0.2, 0.25) is 0 Å². The topological polar surface area (TPSA) is 128 Å². The summed E-state index contributed by atoms with van der Waals surface area (Å²) in [6, 6.07) is 11.8. The lowest BCUT2D eigenvalue weighted by Gasteiger charge is -2.42. The summed E-state index contributed by atoms with van der Waals surface area (Å²) >= 11 is 0. The first-order chi connectivity index (χ1) is 18.0. The highest BCUT2D eigenvalue weighted by Crippen LogP contribution is 2.42. The molecule has 3 N–H and O–H groups in total. The van der Waals surface area contributed by atoms with Crippen LogP contribution in [0.25, 0.3) is 0 Å². The zero-order valence-electron chi connectivity index (χ0n) is 21.1. The molecule has 0 aromatic heterocycles. The van der Waals surface area contributed by atoms with E-state index in [2.05, 4.69) is 4.90 Å². The molecular formula is C27H32F2N2O7. The average molecular weight is 535 g/mol. The second-order valence-electron chi connectivity index (χ2n) is 9.51. The average Bonchev–Trinajstić information content (AvgIpc) is 2.90. The molecular weight excluding hydrogens is 502 g/mol. The Morgan fingerprint density at radius 3 is 1.79 bits per heavy atom. The summed E-state index contributed by atoms with van der Waals surface area (Å²) in [4.78, 5) is 33.9.